The SMILES string of the molecule is CCCC(C)(C)NC(=O)NC1(C(=O)O)CCOCC1. The Morgan fingerprint density at radius 2 is 1.89 bits per heavy atom. The molecule has 6 heteroatoms. The summed E-state index contributed by atoms with van der Waals surface area (Å²) in [5.74, 6) is -1.00. The number of hydrogen-bond acceptors (Lipinski definition) is 3. The summed E-state index contributed by atoms with van der Waals surface area (Å²) in [5.41, 5.74) is -1.55. The minimum atomic E-state index is -1.20. The van der Waals surface area contributed by atoms with E-state index in [-0.39, 0.29) is 5.54 Å². The van der Waals surface area contributed by atoms with Gasteiger partial charge in [-0.05, 0) is 20.3 Å². The van der Waals surface area contributed by atoms with E-state index in [9.17, 15) is 14.7 Å². The van der Waals surface area contributed by atoms with Crippen molar-refractivity contribution in [1.82, 2.24) is 10.6 Å². The zero-order chi connectivity index (χ0) is 14.5. The van der Waals surface area contributed by atoms with Crippen LogP contribution < -0.4 is 10.6 Å². The Balaban J connectivity index is 2.64. The molecule has 3 N–H and O–H groups in total. The lowest BCUT2D eigenvalue weighted by Gasteiger charge is -2.35. The Kier molecular flexibility index (Phi) is 5.17. The molecule has 6 nitrogen and oxygen atoms in total. The van der Waals surface area contributed by atoms with Crippen molar-refractivity contribution in [2.24, 2.45) is 0 Å². The van der Waals surface area contributed by atoms with Gasteiger partial charge in [0.1, 0.15) is 5.54 Å². The normalized spacial score (nSPS) is 18.7. The first kappa shape index (κ1) is 15.8. The van der Waals surface area contributed by atoms with Crippen molar-refractivity contribution in [2.75, 3.05) is 13.2 Å². The number of carbonyl (C=O) groups is 2. The standard InChI is InChI=1S/C13H24N2O4/c1-4-5-12(2,3)14-11(18)15-13(10(16)17)6-8-19-9-7-13/h4-9H2,1-3H3,(H,16,17)(H2,14,15,18). The van der Waals surface area contributed by atoms with E-state index in [1.54, 1.807) is 0 Å². The number of carboxylic acids is 1. The van der Waals surface area contributed by atoms with E-state index < -0.39 is 17.5 Å². The lowest BCUT2D eigenvalue weighted by Crippen LogP contribution is -2.61. The third-order valence-electron chi connectivity index (χ3n) is 3.44. The second kappa shape index (κ2) is 6.23. The topological polar surface area (TPSA) is 87.7 Å². The van der Waals surface area contributed by atoms with Gasteiger partial charge in [-0.3, -0.25) is 0 Å². The molecule has 1 heterocycles. The Morgan fingerprint density at radius 3 is 2.37 bits per heavy atom. The second-order valence-corrected chi connectivity index (χ2v) is 5.71. The van der Waals surface area contributed by atoms with E-state index in [4.69, 9.17) is 4.74 Å². The molecular formula is C13H24N2O4. The van der Waals surface area contributed by atoms with E-state index in [1.165, 1.54) is 0 Å². The quantitative estimate of drug-likeness (QED) is 0.707. The molecule has 1 aliphatic heterocycles. The Morgan fingerprint density at radius 1 is 1.32 bits per heavy atom. The van der Waals surface area contributed by atoms with Crippen molar-refractivity contribution in [1.29, 1.82) is 0 Å². The molecule has 0 aromatic carbocycles. The maximum Gasteiger partial charge on any atom is 0.329 e. The van der Waals surface area contributed by atoms with Crippen molar-refractivity contribution < 1.29 is 19.4 Å². The van der Waals surface area contributed by atoms with E-state index >= 15 is 0 Å². The number of amides is 2. The zero-order valence-electron chi connectivity index (χ0n) is 11.9. The van der Waals surface area contributed by atoms with Gasteiger partial charge >= 0.3 is 12.0 Å². The molecular weight excluding hydrogens is 248 g/mol. The fourth-order valence-corrected chi connectivity index (χ4v) is 2.36. The van der Waals surface area contributed by atoms with Crippen LogP contribution >= 0.6 is 0 Å². The first-order valence-electron chi connectivity index (χ1n) is 6.73. The van der Waals surface area contributed by atoms with Crippen molar-refractivity contribution in [3.05, 3.63) is 0 Å². The van der Waals surface area contributed by atoms with Crippen LogP contribution in [0, 0.1) is 0 Å². The van der Waals surface area contributed by atoms with Gasteiger partial charge in [-0.25, -0.2) is 9.59 Å². The van der Waals surface area contributed by atoms with Crippen LogP contribution in [0.15, 0.2) is 0 Å². The number of carbonyl (C=O) groups excluding carboxylic acids is 1. The molecule has 0 spiro atoms. The molecule has 0 atom stereocenters. The van der Waals surface area contributed by atoms with Gasteiger partial charge in [0.05, 0.1) is 0 Å². The van der Waals surface area contributed by atoms with Gasteiger partial charge in [0, 0.05) is 31.6 Å². The van der Waals surface area contributed by atoms with Crippen LogP contribution in [-0.2, 0) is 9.53 Å². The largest absolute Gasteiger partial charge is 0.480 e. The van der Waals surface area contributed by atoms with Gasteiger partial charge in [-0.1, -0.05) is 13.3 Å². The molecule has 0 aliphatic carbocycles. The Labute approximate surface area is 113 Å². The predicted molar refractivity (Wildman–Crippen MR) is 71.1 cm³/mol. The number of nitrogens with one attached hydrogen (secondary N) is 2. The summed E-state index contributed by atoms with van der Waals surface area (Å²) in [6.07, 6.45) is 2.38. The average Bonchev–Trinajstić information content (AvgIpc) is 2.28. The van der Waals surface area contributed by atoms with Crippen LogP contribution in [0.2, 0.25) is 0 Å². The summed E-state index contributed by atoms with van der Waals surface area (Å²) in [4.78, 5) is 23.4. The Bertz CT molecular complexity index is 336. The highest BCUT2D eigenvalue weighted by molar-refractivity contribution is 5.86. The summed E-state index contributed by atoms with van der Waals surface area (Å²) in [5, 5.41) is 14.8. The number of rotatable bonds is 5. The highest BCUT2D eigenvalue weighted by atomic mass is 16.5. The molecule has 0 radical (unpaired) electrons. The smallest absolute Gasteiger partial charge is 0.329 e. The molecule has 0 bridgehead atoms. The van der Waals surface area contributed by atoms with Crippen molar-refractivity contribution in [2.45, 2.75) is 57.5 Å². The number of hydrogen-bond donors (Lipinski definition) is 3. The molecule has 1 fully saturated rings. The van der Waals surface area contributed by atoms with Gasteiger partial charge in [0.2, 0.25) is 0 Å². The van der Waals surface area contributed by atoms with Crippen LogP contribution in [0.3, 0.4) is 0 Å². The molecule has 0 aromatic rings. The lowest BCUT2D eigenvalue weighted by atomic mass is 9.90. The summed E-state index contributed by atoms with van der Waals surface area (Å²) in [6, 6.07) is -0.428. The maximum absolute atomic E-state index is 12.0. The molecule has 1 aliphatic rings. The zero-order valence-corrected chi connectivity index (χ0v) is 11.9. The Hall–Kier alpha value is -1.30. The van der Waals surface area contributed by atoms with Gasteiger partial charge in [-0.2, -0.15) is 0 Å². The van der Waals surface area contributed by atoms with Crippen molar-refractivity contribution >= 4 is 12.0 Å². The van der Waals surface area contributed by atoms with Crippen molar-refractivity contribution in [3.8, 4) is 0 Å². The van der Waals surface area contributed by atoms with E-state index in [0.717, 1.165) is 12.8 Å². The number of carboxylic acid groups (broad SMARTS) is 1. The fraction of sp³-hybridized carbons (Fsp3) is 0.846. The van der Waals surface area contributed by atoms with Crippen molar-refractivity contribution in [3.63, 3.8) is 0 Å². The molecule has 0 aromatic heterocycles. The van der Waals surface area contributed by atoms with Crippen LogP contribution in [0.5, 0.6) is 0 Å². The van der Waals surface area contributed by atoms with E-state index in [2.05, 4.69) is 10.6 Å². The molecule has 1 rings (SSSR count). The summed E-state index contributed by atoms with van der Waals surface area (Å²) >= 11 is 0. The summed E-state index contributed by atoms with van der Waals surface area (Å²) in [6.45, 7) is 6.59. The van der Waals surface area contributed by atoms with Crippen LogP contribution in [-0.4, -0.2) is 41.4 Å². The van der Waals surface area contributed by atoms with Crippen LogP contribution in [0.4, 0.5) is 4.79 Å². The highest BCUT2D eigenvalue weighted by Gasteiger charge is 2.42. The summed E-state index contributed by atoms with van der Waals surface area (Å²) < 4.78 is 5.16. The highest BCUT2D eigenvalue weighted by Crippen LogP contribution is 2.21. The molecule has 0 saturated carbocycles. The van der Waals surface area contributed by atoms with E-state index in [1.807, 2.05) is 20.8 Å². The average molecular weight is 272 g/mol. The molecule has 0 unspecified atom stereocenters. The van der Waals surface area contributed by atoms with Gasteiger partial charge in [0.25, 0.3) is 0 Å². The third-order valence-corrected chi connectivity index (χ3v) is 3.44. The minimum absolute atomic E-state index is 0.296. The van der Waals surface area contributed by atoms with Crippen LogP contribution in [0.1, 0.15) is 46.5 Å². The fourth-order valence-electron chi connectivity index (χ4n) is 2.36. The third kappa shape index (κ3) is 4.38. The number of urea groups is 1. The van der Waals surface area contributed by atoms with Crippen LogP contribution in [0.25, 0.3) is 0 Å². The van der Waals surface area contributed by atoms with E-state index in [0.29, 0.717) is 26.1 Å². The molecule has 110 valence electrons. The summed E-state index contributed by atoms with van der Waals surface area (Å²) in [7, 11) is 0. The molecule has 19 heavy (non-hydrogen) atoms. The molecule has 1 saturated heterocycles. The lowest BCUT2D eigenvalue weighted by molar-refractivity contribution is -0.148. The first-order chi connectivity index (χ1) is 8.81. The first-order valence-corrected chi connectivity index (χ1v) is 6.73. The van der Waals surface area contributed by atoms with Gasteiger partial charge in [-0.15, -0.1) is 0 Å². The number of ether oxygens (including phenoxy) is 1. The van der Waals surface area contributed by atoms with Gasteiger partial charge < -0.3 is 20.5 Å². The minimum Gasteiger partial charge on any atom is -0.480 e. The second-order valence-electron chi connectivity index (χ2n) is 5.71. The van der Waals surface area contributed by atoms with Gasteiger partial charge in [0.15, 0.2) is 0 Å². The monoisotopic (exact) mass is 272 g/mol. The number of aliphatic carboxylic acids is 1. The predicted octanol–water partition coefficient (Wildman–Crippen LogP) is 1.50. The molecule has 2 amide bonds. The maximum atomic E-state index is 12.0.